The summed E-state index contributed by atoms with van der Waals surface area (Å²) < 4.78 is 1.08. The fourth-order valence-corrected chi connectivity index (χ4v) is 3.10. The van der Waals surface area contributed by atoms with Crippen molar-refractivity contribution in [2.75, 3.05) is 5.32 Å². The van der Waals surface area contributed by atoms with Crippen LogP contribution < -0.4 is 5.32 Å². The predicted octanol–water partition coefficient (Wildman–Crippen LogP) is 4.46. The van der Waals surface area contributed by atoms with Gasteiger partial charge in [-0.05, 0) is 18.6 Å². The van der Waals surface area contributed by atoms with Crippen LogP contribution in [0.15, 0.2) is 78.9 Å². The van der Waals surface area contributed by atoms with Crippen molar-refractivity contribution in [2.24, 2.45) is 0 Å². The SMILES string of the molecule is Cc1ccc(-c2nc(NCc3ccccc3)n(C(=O)c3ccccc3[N+](=O)[O-])n2)cc1. The van der Waals surface area contributed by atoms with Crippen molar-refractivity contribution in [3.63, 3.8) is 0 Å². The molecule has 0 aliphatic heterocycles. The molecule has 0 amide bonds. The van der Waals surface area contributed by atoms with E-state index in [1.54, 1.807) is 6.07 Å². The van der Waals surface area contributed by atoms with Crippen molar-refractivity contribution in [1.29, 1.82) is 0 Å². The quantitative estimate of drug-likeness (QED) is 0.370. The standard InChI is InChI=1S/C23H19N5O3/c1-16-11-13-18(14-12-16)21-25-23(24-15-17-7-3-2-4-8-17)27(26-21)22(29)19-9-5-6-10-20(19)28(30)31/h2-14H,15H2,1H3,(H,24,25,26). The zero-order chi connectivity index (χ0) is 21.8. The summed E-state index contributed by atoms with van der Waals surface area (Å²) in [6.45, 7) is 2.39. The van der Waals surface area contributed by atoms with Gasteiger partial charge in [0.15, 0.2) is 5.82 Å². The van der Waals surface area contributed by atoms with Gasteiger partial charge in [-0.25, -0.2) is 0 Å². The lowest BCUT2D eigenvalue weighted by Gasteiger charge is -2.07. The van der Waals surface area contributed by atoms with Gasteiger partial charge in [0.2, 0.25) is 5.95 Å². The van der Waals surface area contributed by atoms with E-state index < -0.39 is 10.8 Å². The Morgan fingerprint density at radius 2 is 1.68 bits per heavy atom. The maximum absolute atomic E-state index is 13.2. The molecule has 1 heterocycles. The molecular weight excluding hydrogens is 394 g/mol. The van der Waals surface area contributed by atoms with Crippen LogP contribution in [0.3, 0.4) is 0 Å². The Balaban J connectivity index is 1.75. The van der Waals surface area contributed by atoms with E-state index in [-0.39, 0.29) is 17.2 Å². The maximum atomic E-state index is 13.2. The lowest BCUT2D eigenvalue weighted by atomic mass is 10.1. The lowest BCUT2D eigenvalue weighted by molar-refractivity contribution is -0.385. The number of hydrogen-bond donors (Lipinski definition) is 1. The summed E-state index contributed by atoms with van der Waals surface area (Å²) in [6.07, 6.45) is 0. The third-order valence-corrected chi connectivity index (χ3v) is 4.73. The molecule has 0 aliphatic rings. The normalized spacial score (nSPS) is 10.6. The van der Waals surface area contributed by atoms with E-state index >= 15 is 0 Å². The van der Waals surface area contributed by atoms with Gasteiger partial charge in [-0.2, -0.15) is 9.67 Å². The first-order valence-electron chi connectivity index (χ1n) is 9.63. The Bertz CT molecular complexity index is 1230. The second-order valence-electron chi connectivity index (χ2n) is 6.96. The highest BCUT2D eigenvalue weighted by atomic mass is 16.6. The number of nitrogens with one attached hydrogen (secondary N) is 1. The fourth-order valence-electron chi connectivity index (χ4n) is 3.10. The molecule has 31 heavy (non-hydrogen) atoms. The minimum atomic E-state index is -0.631. The number of aromatic nitrogens is 3. The van der Waals surface area contributed by atoms with Gasteiger partial charge in [0.25, 0.3) is 11.6 Å². The highest BCUT2D eigenvalue weighted by Gasteiger charge is 2.25. The topological polar surface area (TPSA) is 103 Å². The molecule has 1 aromatic heterocycles. The molecule has 1 N–H and O–H groups in total. The molecular formula is C23H19N5O3. The van der Waals surface area contributed by atoms with Crippen molar-refractivity contribution in [3.05, 3.63) is 106 Å². The summed E-state index contributed by atoms with van der Waals surface area (Å²) in [6, 6.07) is 23.0. The number of aryl methyl sites for hydroxylation is 1. The average molecular weight is 413 g/mol. The van der Waals surface area contributed by atoms with Gasteiger partial charge >= 0.3 is 0 Å². The minimum Gasteiger partial charge on any atom is -0.350 e. The molecule has 3 aromatic carbocycles. The highest BCUT2D eigenvalue weighted by molar-refractivity contribution is 6.00. The van der Waals surface area contributed by atoms with Gasteiger partial charge in [0.05, 0.1) is 4.92 Å². The summed E-state index contributed by atoms with van der Waals surface area (Å²) in [4.78, 5) is 28.5. The minimum absolute atomic E-state index is 0.0596. The third-order valence-electron chi connectivity index (χ3n) is 4.73. The number of nitro benzene ring substituents is 1. The van der Waals surface area contributed by atoms with Crippen LogP contribution in [0, 0.1) is 17.0 Å². The van der Waals surface area contributed by atoms with Gasteiger partial charge in [0.1, 0.15) is 5.56 Å². The van der Waals surface area contributed by atoms with Crippen molar-refractivity contribution < 1.29 is 9.72 Å². The van der Waals surface area contributed by atoms with Crippen LogP contribution in [0.1, 0.15) is 21.5 Å². The van der Waals surface area contributed by atoms with Gasteiger partial charge in [-0.15, -0.1) is 5.10 Å². The first-order valence-corrected chi connectivity index (χ1v) is 9.63. The number of para-hydroxylation sites is 1. The zero-order valence-electron chi connectivity index (χ0n) is 16.7. The number of rotatable bonds is 6. The largest absolute Gasteiger partial charge is 0.350 e. The molecule has 154 valence electrons. The van der Waals surface area contributed by atoms with Crippen LogP contribution >= 0.6 is 0 Å². The van der Waals surface area contributed by atoms with Crippen LogP contribution in [-0.2, 0) is 6.54 Å². The Labute approximate surface area is 178 Å². The summed E-state index contributed by atoms with van der Waals surface area (Å²) in [7, 11) is 0. The smallest absolute Gasteiger partial charge is 0.288 e. The Kier molecular flexibility index (Phi) is 5.53. The van der Waals surface area contributed by atoms with E-state index in [0.29, 0.717) is 12.4 Å². The Hall–Kier alpha value is -4.33. The van der Waals surface area contributed by atoms with Crippen LogP contribution in [0.2, 0.25) is 0 Å². The summed E-state index contributed by atoms with van der Waals surface area (Å²) >= 11 is 0. The van der Waals surface area contributed by atoms with E-state index in [9.17, 15) is 14.9 Å². The zero-order valence-corrected chi connectivity index (χ0v) is 16.7. The Morgan fingerprint density at radius 3 is 2.39 bits per heavy atom. The molecule has 0 saturated carbocycles. The number of carbonyl (C=O) groups excluding carboxylic acids is 1. The van der Waals surface area contributed by atoms with E-state index in [4.69, 9.17) is 0 Å². The second-order valence-corrected chi connectivity index (χ2v) is 6.96. The second kappa shape index (κ2) is 8.58. The van der Waals surface area contributed by atoms with Gasteiger partial charge < -0.3 is 5.32 Å². The fraction of sp³-hybridized carbons (Fsp3) is 0.0870. The van der Waals surface area contributed by atoms with Crippen LogP contribution in [-0.4, -0.2) is 25.6 Å². The molecule has 0 fully saturated rings. The molecule has 0 bridgehead atoms. The highest BCUT2D eigenvalue weighted by Crippen LogP contribution is 2.23. The third kappa shape index (κ3) is 4.32. The number of carbonyl (C=O) groups is 1. The number of hydrogen-bond acceptors (Lipinski definition) is 6. The molecule has 4 rings (SSSR count). The van der Waals surface area contributed by atoms with E-state index in [1.807, 2.05) is 61.5 Å². The van der Waals surface area contributed by atoms with Crippen molar-refractivity contribution >= 4 is 17.5 Å². The van der Waals surface area contributed by atoms with E-state index in [2.05, 4.69) is 15.4 Å². The predicted molar refractivity (Wildman–Crippen MR) is 117 cm³/mol. The van der Waals surface area contributed by atoms with Crippen LogP contribution in [0.5, 0.6) is 0 Å². The monoisotopic (exact) mass is 413 g/mol. The molecule has 8 nitrogen and oxygen atoms in total. The molecule has 0 radical (unpaired) electrons. The number of nitro groups is 1. The Morgan fingerprint density at radius 1 is 1.00 bits per heavy atom. The lowest BCUT2D eigenvalue weighted by Crippen LogP contribution is -2.18. The summed E-state index contributed by atoms with van der Waals surface area (Å²) in [5.41, 5.74) is 2.47. The van der Waals surface area contributed by atoms with Crippen LogP contribution in [0.25, 0.3) is 11.4 Å². The number of benzene rings is 3. The van der Waals surface area contributed by atoms with Crippen molar-refractivity contribution in [2.45, 2.75) is 13.5 Å². The van der Waals surface area contributed by atoms with Crippen molar-refractivity contribution in [1.82, 2.24) is 14.8 Å². The molecule has 0 saturated heterocycles. The van der Waals surface area contributed by atoms with Gasteiger partial charge in [-0.3, -0.25) is 14.9 Å². The van der Waals surface area contributed by atoms with Gasteiger partial charge in [0, 0.05) is 18.2 Å². The molecule has 0 spiro atoms. The van der Waals surface area contributed by atoms with Crippen LogP contribution in [0.4, 0.5) is 11.6 Å². The van der Waals surface area contributed by atoms with E-state index in [0.717, 1.165) is 21.4 Å². The maximum Gasteiger partial charge on any atom is 0.288 e. The number of nitrogens with zero attached hydrogens (tertiary/aromatic N) is 4. The average Bonchev–Trinajstić information content (AvgIpc) is 3.22. The molecule has 0 unspecified atom stereocenters. The van der Waals surface area contributed by atoms with Gasteiger partial charge in [-0.1, -0.05) is 72.3 Å². The molecule has 4 aromatic rings. The summed E-state index contributed by atoms with van der Waals surface area (Å²) in [5, 5.41) is 18.9. The summed E-state index contributed by atoms with van der Waals surface area (Å²) in [5.74, 6) is -0.0706. The van der Waals surface area contributed by atoms with E-state index in [1.165, 1.54) is 18.2 Å². The first-order chi connectivity index (χ1) is 15.0. The molecule has 0 aliphatic carbocycles. The molecule has 8 heteroatoms. The first kappa shape index (κ1) is 20.0. The number of anilines is 1. The molecule has 0 atom stereocenters. The van der Waals surface area contributed by atoms with Crippen molar-refractivity contribution in [3.8, 4) is 11.4 Å².